The fourth-order valence-electron chi connectivity index (χ4n) is 2.96. The molecule has 1 N–H and O–H groups in total. The van der Waals surface area contributed by atoms with Crippen molar-refractivity contribution in [3.63, 3.8) is 0 Å². The van der Waals surface area contributed by atoms with Gasteiger partial charge in [0.1, 0.15) is 0 Å². The Hall–Kier alpha value is -1.36. The molecule has 1 aliphatic rings. The van der Waals surface area contributed by atoms with Crippen molar-refractivity contribution in [3.8, 4) is 0 Å². The van der Waals surface area contributed by atoms with Crippen LogP contribution in [0.25, 0.3) is 0 Å². The van der Waals surface area contributed by atoms with E-state index in [1.165, 1.54) is 0 Å². The van der Waals surface area contributed by atoms with Gasteiger partial charge >= 0.3 is 5.97 Å². The number of halogens is 1. The van der Waals surface area contributed by atoms with Crippen molar-refractivity contribution in [2.24, 2.45) is 5.92 Å². The van der Waals surface area contributed by atoms with Crippen LogP contribution in [0.4, 0.5) is 0 Å². The molecule has 1 aliphatic heterocycles. The van der Waals surface area contributed by atoms with E-state index in [1.54, 1.807) is 0 Å². The summed E-state index contributed by atoms with van der Waals surface area (Å²) in [6, 6.07) is 8.03. The molecule has 5 heteroatoms. The van der Waals surface area contributed by atoms with Crippen molar-refractivity contribution in [3.05, 3.63) is 34.3 Å². The van der Waals surface area contributed by atoms with E-state index < -0.39 is 5.97 Å². The number of nitrogens with zero attached hydrogens (tertiary/aromatic N) is 1. The molecule has 1 aromatic carbocycles. The second kappa shape index (κ2) is 8.32. The molecule has 0 unspecified atom stereocenters. The minimum atomic E-state index is -0.752. The third-order valence-corrected chi connectivity index (χ3v) is 4.65. The summed E-state index contributed by atoms with van der Waals surface area (Å²) in [6.45, 7) is 1.52. The maximum absolute atomic E-state index is 12.3. The molecule has 2 rings (SSSR count). The number of carbonyl (C=O) groups excluding carboxylic acids is 1. The predicted octanol–water partition coefficient (Wildman–Crippen LogP) is 3.49. The SMILES string of the molecule is O=C(O)CC[C@@H]1CCCN(C(=O)CCc2cccc(Br)c2)C1. The number of rotatable bonds is 6. The lowest BCUT2D eigenvalue weighted by atomic mass is 9.93. The second-order valence-corrected chi connectivity index (χ2v) is 6.83. The molecule has 0 spiro atoms. The number of hydrogen-bond donors (Lipinski definition) is 1. The van der Waals surface area contributed by atoms with Crippen LogP contribution in [0.1, 0.15) is 37.7 Å². The highest BCUT2D eigenvalue weighted by Crippen LogP contribution is 2.22. The molecule has 1 fully saturated rings. The number of carbonyl (C=O) groups is 2. The molecule has 4 nitrogen and oxygen atoms in total. The predicted molar refractivity (Wildman–Crippen MR) is 88.6 cm³/mol. The lowest BCUT2D eigenvalue weighted by Gasteiger charge is -2.32. The van der Waals surface area contributed by atoms with Crippen molar-refractivity contribution in [2.45, 2.75) is 38.5 Å². The number of piperidine rings is 1. The fraction of sp³-hybridized carbons (Fsp3) is 0.529. The van der Waals surface area contributed by atoms with Crippen LogP contribution in [0.3, 0.4) is 0 Å². The summed E-state index contributed by atoms with van der Waals surface area (Å²) < 4.78 is 1.03. The lowest BCUT2D eigenvalue weighted by molar-refractivity contribution is -0.137. The third-order valence-electron chi connectivity index (χ3n) is 4.15. The number of likely N-dealkylation sites (tertiary alicyclic amines) is 1. The maximum atomic E-state index is 12.3. The highest BCUT2D eigenvalue weighted by molar-refractivity contribution is 9.10. The first-order chi connectivity index (χ1) is 10.5. The van der Waals surface area contributed by atoms with Crippen LogP contribution in [-0.4, -0.2) is 35.0 Å². The molecule has 22 heavy (non-hydrogen) atoms. The molecular formula is C17H22BrNO3. The van der Waals surface area contributed by atoms with Crippen LogP contribution in [0.5, 0.6) is 0 Å². The second-order valence-electron chi connectivity index (χ2n) is 5.91. The van der Waals surface area contributed by atoms with E-state index in [4.69, 9.17) is 5.11 Å². The van der Waals surface area contributed by atoms with Gasteiger partial charge in [-0.05, 0) is 49.3 Å². The van der Waals surface area contributed by atoms with Gasteiger partial charge in [0.05, 0.1) is 0 Å². The summed E-state index contributed by atoms with van der Waals surface area (Å²) in [6.07, 6.45) is 4.14. The van der Waals surface area contributed by atoms with E-state index in [0.717, 1.165) is 35.8 Å². The topological polar surface area (TPSA) is 57.6 Å². The van der Waals surface area contributed by atoms with Gasteiger partial charge in [-0.2, -0.15) is 0 Å². The Morgan fingerprint density at radius 3 is 2.86 bits per heavy atom. The molecule has 0 bridgehead atoms. The van der Waals surface area contributed by atoms with Gasteiger partial charge in [0, 0.05) is 30.4 Å². The van der Waals surface area contributed by atoms with Gasteiger partial charge in [0.2, 0.25) is 5.91 Å². The van der Waals surface area contributed by atoms with Crippen LogP contribution >= 0.6 is 15.9 Å². The van der Waals surface area contributed by atoms with E-state index in [-0.39, 0.29) is 12.3 Å². The van der Waals surface area contributed by atoms with Gasteiger partial charge in [0.25, 0.3) is 0 Å². The monoisotopic (exact) mass is 367 g/mol. The van der Waals surface area contributed by atoms with Crippen molar-refractivity contribution in [2.75, 3.05) is 13.1 Å². The Labute approximate surface area is 139 Å². The summed E-state index contributed by atoms with van der Waals surface area (Å²) in [5.41, 5.74) is 1.15. The number of amides is 1. The lowest BCUT2D eigenvalue weighted by Crippen LogP contribution is -2.40. The van der Waals surface area contributed by atoms with Crippen molar-refractivity contribution < 1.29 is 14.7 Å². The Kier molecular flexibility index (Phi) is 6.43. The molecule has 0 saturated carbocycles. The summed E-state index contributed by atoms with van der Waals surface area (Å²) in [5, 5.41) is 8.77. The molecule has 1 aromatic rings. The zero-order chi connectivity index (χ0) is 15.9. The van der Waals surface area contributed by atoms with Crippen molar-refractivity contribution in [1.82, 2.24) is 4.90 Å². The maximum Gasteiger partial charge on any atom is 0.303 e. The average molecular weight is 368 g/mol. The number of aliphatic carboxylic acids is 1. The first kappa shape index (κ1) is 17.0. The van der Waals surface area contributed by atoms with Gasteiger partial charge < -0.3 is 10.0 Å². The summed E-state index contributed by atoms with van der Waals surface area (Å²) >= 11 is 3.44. The molecule has 0 aromatic heterocycles. The van der Waals surface area contributed by atoms with Crippen LogP contribution in [0, 0.1) is 5.92 Å². The van der Waals surface area contributed by atoms with Crippen LogP contribution in [0.15, 0.2) is 28.7 Å². The van der Waals surface area contributed by atoms with Crippen LogP contribution < -0.4 is 0 Å². The zero-order valence-corrected chi connectivity index (χ0v) is 14.2. The Morgan fingerprint density at radius 1 is 1.32 bits per heavy atom. The number of aryl methyl sites for hydroxylation is 1. The minimum absolute atomic E-state index is 0.181. The van der Waals surface area contributed by atoms with E-state index in [1.807, 2.05) is 29.2 Å². The highest BCUT2D eigenvalue weighted by atomic mass is 79.9. The van der Waals surface area contributed by atoms with Crippen LogP contribution in [0.2, 0.25) is 0 Å². The normalized spacial score (nSPS) is 18.2. The summed E-state index contributed by atoms with van der Waals surface area (Å²) in [4.78, 5) is 24.9. The van der Waals surface area contributed by atoms with Gasteiger partial charge in [0.15, 0.2) is 0 Å². The van der Waals surface area contributed by atoms with Gasteiger partial charge in [-0.15, -0.1) is 0 Å². The van der Waals surface area contributed by atoms with E-state index in [2.05, 4.69) is 15.9 Å². The fourth-order valence-corrected chi connectivity index (χ4v) is 3.40. The van der Waals surface area contributed by atoms with Gasteiger partial charge in [-0.1, -0.05) is 28.1 Å². The highest BCUT2D eigenvalue weighted by Gasteiger charge is 2.23. The number of carboxylic acid groups (broad SMARTS) is 1. The molecule has 1 saturated heterocycles. The van der Waals surface area contributed by atoms with Crippen molar-refractivity contribution >= 4 is 27.8 Å². The first-order valence-corrected chi connectivity index (χ1v) is 8.58. The molecule has 120 valence electrons. The molecule has 0 radical (unpaired) electrons. The molecule has 1 amide bonds. The Bertz CT molecular complexity index is 532. The molecule has 1 heterocycles. The third kappa shape index (κ3) is 5.44. The smallest absolute Gasteiger partial charge is 0.303 e. The summed E-state index contributed by atoms with van der Waals surface area (Å²) in [5.74, 6) is -0.238. The number of carboxylic acids is 1. The Balaban J connectivity index is 1.80. The molecular weight excluding hydrogens is 346 g/mol. The van der Waals surface area contributed by atoms with E-state index in [0.29, 0.717) is 25.3 Å². The molecule has 1 atom stereocenters. The van der Waals surface area contributed by atoms with Crippen LogP contribution in [-0.2, 0) is 16.0 Å². The van der Waals surface area contributed by atoms with Gasteiger partial charge in [-0.25, -0.2) is 0 Å². The van der Waals surface area contributed by atoms with E-state index >= 15 is 0 Å². The largest absolute Gasteiger partial charge is 0.481 e. The zero-order valence-electron chi connectivity index (χ0n) is 12.6. The number of benzene rings is 1. The average Bonchev–Trinajstić information content (AvgIpc) is 2.51. The summed E-state index contributed by atoms with van der Waals surface area (Å²) in [7, 11) is 0. The van der Waals surface area contributed by atoms with E-state index in [9.17, 15) is 9.59 Å². The van der Waals surface area contributed by atoms with Crippen molar-refractivity contribution in [1.29, 1.82) is 0 Å². The first-order valence-electron chi connectivity index (χ1n) is 7.78. The Morgan fingerprint density at radius 2 is 2.14 bits per heavy atom. The minimum Gasteiger partial charge on any atom is -0.481 e. The number of hydrogen-bond acceptors (Lipinski definition) is 2. The van der Waals surface area contributed by atoms with Gasteiger partial charge in [-0.3, -0.25) is 9.59 Å². The standard InChI is InChI=1S/C17H22BrNO3/c18-15-5-1-3-13(11-15)6-8-16(20)19-10-2-4-14(12-19)7-9-17(21)22/h1,3,5,11,14H,2,4,6-10,12H2,(H,21,22)/t14-/m0/s1. The molecule has 0 aliphatic carbocycles. The quantitative estimate of drug-likeness (QED) is 0.836.